The number of hydrogen-bond acceptors (Lipinski definition) is 4. The Balaban J connectivity index is 1.60. The maximum Gasteiger partial charge on any atom is 0.302 e. The lowest BCUT2D eigenvalue weighted by Gasteiger charge is -2.60. The van der Waals surface area contributed by atoms with Gasteiger partial charge in [0.1, 0.15) is 11.7 Å². The summed E-state index contributed by atoms with van der Waals surface area (Å²) in [4.78, 5) is 25.0. The summed E-state index contributed by atoms with van der Waals surface area (Å²) in [5.41, 5.74) is -0.406. The third-order valence-electron chi connectivity index (χ3n) is 10.9. The van der Waals surface area contributed by atoms with Crippen LogP contribution < -0.4 is 0 Å². The topological polar surface area (TPSA) is 63.6 Å². The summed E-state index contributed by atoms with van der Waals surface area (Å²) in [5, 5.41) is 11.8. The van der Waals surface area contributed by atoms with Crippen LogP contribution in [-0.2, 0) is 14.3 Å². The van der Waals surface area contributed by atoms with Crippen LogP contribution >= 0.6 is 0 Å². The van der Waals surface area contributed by atoms with Crippen molar-refractivity contribution in [1.29, 1.82) is 0 Å². The van der Waals surface area contributed by atoms with Crippen molar-refractivity contribution in [2.75, 3.05) is 0 Å². The van der Waals surface area contributed by atoms with Gasteiger partial charge in [-0.3, -0.25) is 9.59 Å². The lowest BCUT2D eigenvalue weighted by atomic mass is 9.46. The molecule has 0 saturated heterocycles. The highest BCUT2D eigenvalue weighted by Gasteiger charge is 2.65. The number of ether oxygens (including phenoxy) is 1. The van der Waals surface area contributed by atoms with Crippen LogP contribution in [0.15, 0.2) is 23.8 Å². The molecule has 4 aliphatic carbocycles. The molecule has 0 radical (unpaired) electrons. The molecule has 9 atom stereocenters. The standard InChI is InChI=1S/C30H46O4/c1-18(2)19(3)8-9-20(4)24-10-11-25-23-16-27(32)30(33)17-22(34-21(5)31)12-15-29(30,7)26(23)13-14-28(24,25)6/h8-9,16,18-20,22,24-26,33H,10-15,17H2,1-7H3/b9-8+/t19-,20+,22?,24?,25?,26?,28?,29?,30-/m0/s1. The van der Waals surface area contributed by atoms with Gasteiger partial charge in [-0.05, 0) is 85.5 Å². The molecule has 0 aromatic rings. The van der Waals surface area contributed by atoms with Crippen molar-refractivity contribution in [3.05, 3.63) is 23.8 Å². The molecule has 6 unspecified atom stereocenters. The van der Waals surface area contributed by atoms with Crippen molar-refractivity contribution >= 4 is 11.8 Å². The molecular formula is C30H46O4. The average Bonchev–Trinajstić information content (AvgIpc) is 3.11. The molecular weight excluding hydrogens is 424 g/mol. The number of ketones is 1. The van der Waals surface area contributed by atoms with E-state index in [1.807, 2.05) is 6.08 Å². The van der Waals surface area contributed by atoms with Gasteiger partial charge in [0.2, 0.25) is 0 Å². The zero-order valence-corrected chi connectivity index (χ0v) is 22.4. The van der Waals surface area contributed by atoms with Crippen LogP contribution in [0.1, 0.15) is 93.4 Å². The Labute approximate surface area is 206 Å². The normalized spacial score (nSPS) is 43.7. The first-order valence-corrected chi connectivity index (χ1v) is 13.7. The predicted molar refractivity (Wildman–Crippen MR) is 135 cm³/mol. The number of allylic oxidation sites excluding steroid dienone is 3. The van der Waals surface area contributed by atoms with E-state index < -0.39 is 11.0 Å². The molecule has 0 bridgehead atoms. The summed E-state index contributed by atoms with van der Waals surface area (Å²) in [5.74, 6) is 2.54. The second-order valence-corrected chi connectivity index (χ2v) is 12.9. The molecule has 4 rings (SSSR count). The zero-order chi connectivity index (χ0) is 25.1. The first kappa shape index (κ1) is 25.7. The molecule has 0 spiro atoms. The van der Waals surface area contributed by atoms with Crippen molar-refractivity contribution in [3.63, 3.8) is 0 Å². The van der Waals surface area contributed by atoms with Gasteiger partial charge in [-0.1, -0.05) is 59.3 Å². The number of aliphatic hydroxyl groups is 1. The fraction of sp³-hybridized carbons (Fsp3) is 0.800. The molecule has 0 amide bonds. The van der Waals surface area contributed by atoms with E-state index in [0.717, 1.165) is 25.7 Å². The number of carbonyl (C=O) groups excluding carboxylic acids is 2. The summed E-state index contributed by atoms with van der Waals surface area (Å²) in [6, 6.07) is 0. The van der Waals surface area contributed by atoms with Crippen molar-refractivity contribution in [2.45, 2.75) is 105 Å². The van der Waals surface area contributed by atoms with Gasteiger partial charge in [0.25, 0.3) is 0 Å². The van der Waals surface area contributed by atoms with E-state index in [1.165, 1.54) is 18.9 Å². The molecule has 0 aromatic heterocycles. The molecule has 4 nitrogen and oxygen atoms in total. The summed E-state index contributed by atoms with van der Waals surface area (Å²) in [6.45, 7) is 15.2. The minimum atomic E-state index is -1.44. The van der Waals surface area contributed by atoms with Gasteiger partial charge in [0.15, 0.2) is 5.78 Å². The van der Waals surface area contributed by atoms with Crippen LogP contribution in [0, 0.1) is 46.3 Å². The van der Waals surface area contributed by atoms with Gasteiger partial charge in [-0.25, -0.2) is 0 Å². The molecule has 0 aromatic carbocycles. The van der Waals surface area contributed by atoms with Gasteiger partial charge >= 0.3 is 5.97 Å². The maximum atomic E-state index is 13.5. The Morgan fingerprint density at radius 2 is 1.76 bits per heavy atom. The summed E-state index contributed by atoms with van der Waals surface area (Å²) in [7, 11) is 0. The third-order valence-corrected chi connectivity index (χ3v) is 10.9. The molecule has 0 heterocycles. The van der Waals surface area contributed by atoms with Crippen molar-refractivity contribution in [3.8, 4) is 0 Å². The van der Waals surface area contributed by atoms with Gasteiger partial charge in [0, 0.05) is 18.8 Å². The fourth-order valence-corrected chi connectivity index (χ4v) is 8.28. The van der Waals surface area contributed by atoms with Crippen LogP contribution in [0.5, 0.6) is 0 Å². The smallest absolute Gasteiger partial charge is 0.302 e. The first-order valence-electron chi connectivity index (χ1n) is 13.7. The Kier molecular flexibility index (Phi) is 6.72. The summed E-state index contributed by atoms with van der Waals surface area (Å²) in [6.07, 6.45) is 12.5. The molecule has 3 fully saturated rings. The lowest BCUT2D eigenvalue weighted by molar-refractivity contribution is -0.188. The van der Waals surface area contributed by atoms with Gasteiger partial charge in [-0.15, -0.1) is 0 Å². The third kappa shape index (κ3) is 3.92. The maximum absolute atomic E-state index is 13.5. The largest absolute Gasteiger partial charge is 0.462 e. The molecule has 190 valence electrons. The Morgan fingerprint density at radius 3 is 2.41 bits per heavy atom. The van der Waals surface area contributed by atoms with E-state index >= 15 is 0 Å². The number of hydrogen-bond donors (Lipinski definition) is 1. The predicted octanol–water partition coefficient (Wildman–Crippen LogP) is 6.28. The Bertz CT molecular complexity index is 886. The summed E-state index contributed by atoms with van der Waals surface area (Å²) >= 11 is 0. The van der Waals surface area contributed by atoms with Crippen LogP contribution in [0.25, 0.3) is 0 Å². The second-order valence-electron chi connectivity index (χ2n) is 12.9. The van der Waals surface area contributed by atoms with E-state index in [0.29, 0.717) is 36.0 Å². The minimum absolute atomic E-state index is 0.162. The number of rotatable bonds is 5. The number of carbonyl (C=O) groups is 2. The molecule has 3 saturated carbocycles. The zero-order valence-electron chi connectivity index (χ0n) is 22.4. The van der Waals surface area contributed by atoms with Gasteiger partial charge in [-0.2, -0.15) is 0 Å². The second kappa shape index (κ2) is 8.91. The molecule has 34 heavy (non-hydrogen) atoms. The first-order chi connectivity index (χ1) is 15.8. The number of fused-ring (bicyclic) bond motifs is 5. The van der Waals surface area contributed by atoms with Crippen molar-refractivity contribution in [1.82, 2.24) is 0 Å². The van der Waals surface area contributed by atoms with E-state index in [4.69, 9.17) is 4.74 Å². The highest BCUT2D eigenvalue weighted by atomic mass is 16.5. The monoisotopic (exact) mass is 470 g/mol. The van der Waals surface area contributed by atoms with E-state index in [9.17, 15) is 14.7 Å². The molecule has 4 aliphatic rings. The van der Waals surface area contributed by atoms with Gasteiger partial charge in [0.05, 0.1) is 0 Å². The van der Waals surface area contributed by atoms with E-state index in [1.54, 1.807) is 0 Å². The Hall–Kier alpha value is -1.42. The van der Waals surface area contributed by atoms with Crippen LogP contribution in [0.2, 0.25) is 0 Å². The molecule has 0 aliphatic heterocycles. The average molecular weight is 471 g/mol. The highest BCUT2D eigenvalue weighted by Crippen LogP contribution is 2.67. The van der Waals surface area contributed by atoms with Crippen LogP contribution in [0.4, 0.5) is 0 Å². The van der Waals surface area contributed by atoms with E-state index in [-0.39, 0.29) is 35.6 Å². The minimum Gasteiger partial charge on any atom is -0.462 e. The SMILES string of the molecule is CC(=O)OC1CCC2(C)C3CCC4(C)C(CCC4[C@H](C)/C=C/[C@H](C)C(C)C)C3=CC(=O)[C@@]2(O)C1. The molecule has 1 N–H and O–H groups in total. The van der Waals surface area contributed by atoms with Crippen molar-refractivity contribution < 1.29 is 19.4 Å². The molecule has 4 heteroatoms. The van der Waals surface area contributed by atoms with E-state index in [2.05, 4.69) is 53.7 Å². The quantitative estimate of drug-likeness (QED) is 0.380. The lowest BCUT2D eigenvalue weighted by Crippen LogP contribution is -2.64. The van der Waals surface area contributed by atoms with Crippen LogP contribution in [0.3, 0.4) is 0 Å². The van der Waals surface area contributed by atoms with Gasteiger partial charge < -0.3 is 9.84 Å². The summed E-state index contributed by atoms with van der Waals surface area (Å²) < 4.78 is 5.44. The van der Waals surface area contributed by atoms with Crippen molar-refractivity contribution in [2.24, 2.45) is 46.3 Å². The number of esters is 1. The highest BCUT2D eigenvalue weighted by molar-refractivity contribution is 5.99. The Morgan fingerprint density at radius 1 is 1.06 bits per heavy atom. The fourth-order valence-electron chi connectivity index (χ4n) is 8.28. The van der Waals surface area contributed by atoms with Crippen LogP contribution in [-0.4, -0.2) is 28.6 Å².